The van der Waals surface area contributed by atoms with E-state index in [4.69, 9.17) is 0 Å². The first-order valence-electron chi connectivity index (χ1n) is 6.25. The zero-order valence-corrected chi connectivity index (χ0v) is 10.2. The van der Waals surface area contributed by atoms with Gasteiger partial charge in [-0.1, -0.05) is 25.5 Å². The highest BCUT2D eigenvalue weighted by molar-refractivity contribution is 5.82. The maximum absolute atomic E-state index is 9.63. The molecule has 1 heterocycles. The molecule has 3 N–H and O–H groups in total. The predicted molar refractivity (Wildman–Crippen MR) is 70.9 cm³/mol. The Balaban J connectivity index is 1.92. The quantitative estimate of drug-likeness (QED) is 0.716. The lowest BCUT2D eigenvalue weighted by Gasteiger charge is -2.11. The molecule has 3 heteroatoms. The van der Waals surface area contributed by atoms with Crippen molar-refractivity contribution in [3.05, 3.63) is 36.0 Å². The maximum atomic E-state index is 9.63. The standard InChI is InChI=1S/C14H20N2O/c1-2-4-12(17)10-15-9-11-5-3-6-14-13(11)7-8-16-14/h3,5-8,12,15-17H,2,4,9-10H2,1H3. The van der Waals surface area contributed by atoms with Crippen LogP contribution in [0.4, 0.5) is 0 Å². The van der Waals surface area contributed by atoms with E-state index >= 15 is 0 Å². The minimum absolute atomic E-state index is 0.231. The largest absolute Gasteiger partial charge is 0.392 e. The molecule has 1 unspecified atom stereocenters. The molecule has 0 fully saturated rings. The minimum Gasteiger partial charge on any atom is -0.392 e. The van der Waals surface area contributed by atoms with Gasteiger partial charge in [-0.25, -0.2) is 0 Å². The van der Waals surface area contributed by atoms with Crippen LogP contribution in [0, 0.1) is 0 Å². The van der Waals surface area contributed by atoms with Gasteiger partial charge in [-0.05, 0) is 24.1 Å². The summed E-state index contributed by atoms with van der Waals surface area (Å²) in [6.45, 7) is 3.55. The van der Waals surface area contributed by atoms with Crippen molar-refractivity contribution in [3.63, 3.8) is 0 Å². The first-order chi connectivity index (χ1) is 8.31. The lowest BCUT2D eigenvalue weighted by molar-refractivity contribution is 0.160. The average molecular weight is 232 g/mol. The number of aromatic amines is 1. The van der Waals surface area contributed by atoms with Gasteiger partial charge in [0.25, 0.3) is 0 Å². The lowest BCUT2D eigenvalue weighted by Crippen LogP contribution is -2.26. The molecule has 0 bridgehead atoms. The van der Waals surface area contributed by atoms with Gasteiger partial charge in [-0.15, -0.1) is 0 Å². The maximum Gasteiger partial charge on any atom is 0.0664 e. The number of benzene rings is 1. The van der Waals surface area contributed by atoms with Crippen LogP contribution in [0.15, 0.2) is 30.5 Å². The van der Waals surface area contributed by atoms with Crippen molar-refractivity contribution < 1.29 is 5.11 Å². The Morgan fingerprint density at radius 3 is 3.06 bits per heavy atom. The van der Waals surface area contributed by atoms with Crippen LogP contribution in [0.25, 0.3) is 10.9 Å². The van der Waals surface area contributed by atoms with Gasteiger partial charge in [-0.3, -0.25) is 0 Å². The van der Waals surface area contributed by atoms with E-state index in [9.17, 15) is 5.11 Å². The molecule has 0 amide bonds. The Hall–Kier alpha value is -1.32. The zero-order valence-electron chi connectivity index (χ0n) is 10.2. The summed E-state index contributed by atoms with van der Waals surface area (Å²) in [5.41, 5.74) is 2.44. The van der Waals surface area contributed by atoms with Crippen LogP contribution in [0.2, 0.25) is 0 Å². The summed E-state index contributed by atoms with van der Waals surface area (Å²) in [5, 5.41) is 14.2. The SMILES string of the molecule is CCCC(O)CNCc1cccc2[nH]ccc12. The number of aliphatic hydroxyl groups excluding tert-OH is 1. The molecule has 0 saturated carbocycles. The number of nitrogens with one attached hydrogen (secondary N) is 2. The monoisotopic (exact) mass is 232 g/mol. The van der Waals surface area contributed by atoms with Gasteiger partial charge >= 0.3 is 0 Å². The fourth-order valence-electron chi connectivity index (χ4n) is 2.11. The van der Waals surface area contributed by atoms with Crippen LogP contribution in [0.5, 0.6) is 0 Å². The molecule has 3 nitrogen and oxygen atoms in total. The van der Waals surface area contributed by atoms with Gasteiger partial charge < -0.3 is 15.4 Å². The van der Waals surface area contributed by atoms with E-state index < -0.39 is 0 Å². The molecule has 92 valence electrons. The molecule has 1 atom stereocenters. The van der Waals surface area contributed by atoms with Crippen LogP contribution in [-0.4, -0.2) is 22.7 Å². The molecule has 0 spiro atoms. The number of aromatic nitrogens is 1. The first kappa shape index (κ1) is 12.1. The number of hydrogen-bond acceptors (Lipinski definition) is 2. The third-order valence-corrected chi connectivity index (χ3v) is 3.00. The van der Waals surface area contributed by atoms with Crippen molar-refractivity contribution in [2.45, 2.75) is 32.4 Å². The lowest BCUT2D eigenvalue weighted by atomic mass is 10.1. The fourth-order valence-corrected chi connectivity index (χ4v) is 2.11. The molecular weight excluding hydrogens is 212 g/mol. The summed E-state index contributed by atoms with van der Waals surface area (Å²) in [5.74, 6) is 0. The van der Waals surface area contributed by atoms with Gasteiger partial charge in [-0.2, -0.15) is 0 Å². The van der Waals surface area contributed by atoms with Crippen molar-refractivity contribution in [2.75, 3.05) is 6.54 Å². The zero-order chi connectivity index (χ0) is 12.1. The molecule has 2 aromatic rings. The van der Waals surface area contributed by atoms with E-state index in [2.05, 4.69) is 41.5 Å². The van der Waals surface area contributed by atoms with Gasteiger partial charge in [0.05, 0.1) is 6.10 Å². The van der Waals surface area contributed by atoms with Crippen LogP contribution in [-0.2, 0) is 6.54 Å². The third kappa shape index (κ3) is 3.08. The number of aliphatic hydroxyl groups is 1. The van der Waals surface area contributed by atoms with Crippen LogP contribution in [0.1, 0.15) is 25.3 Å². The Bertz CT molecular complexity index is 464. The van der Waals surface area contributed by atoms with Gasteiger partial charge in [0.1, 0.15) is 0 Å². The smallest absolute Gasteiger partial charge is 0.0664 e. The Labute approximate surface area is 102 Å². The molecule has 17 heavy (non-hydrogen) atoms. The Morgan fingerprint density at radius 1 is 1.35 bits per heavy atom. The number of hydrogen-bond donors (Lipinski definition) is 3. The van der Waals surface area contributed by atoms with Crippen LogP contribution >= 0.6 is 0 Å². The highest BCUT2D eigenvalue weighted by Gasteiger charge is 2.04. The Kier molecular flexibility index (Phi) is 4.18. The van der Waals surface area contributed by atoms with E-state index in [-0.39, 0.29) is 6.10 Å². The molecule has 2 rings (SSSR count). The molecule has 0 aliphatic carbocycles. The van der Waals surface area contributed by atoms with E-state index in [1.165, 1.54) is 16.5 Å². The van der Waals surface area contributed by atoms with Crippen molar-refractivity contribution in [3.8, 4) is 0 Å². The van der Waals surface area contributed by atoms with Gasteiger partial charge in [0, 0.05) is 30.2 Å². The number of rotatable bonds is 6. The summed E-state index contributed by atoms with van der Waals surface area (Å²) in [6, 6.07) is 8.34. The minimum atomic E-state index is -0.231. The normalized spacial score (nSPS) is 13.1. The molecule has 0 radical (unpaired) electrons. The second-order valence-corrected chi connectivity index (χ2v) is 4.43. The molecular formula is C14H20N2O. The topological polar surface area (TPSA) is 48.0 Å². The summed E-state index contributed by atoms with van der Waals surface area (Å²) >= 11 is 0. The van der Waals surface area contributed by atoms with E-state index in [0.717, 1.165) is 19.4 Å². The second-order valence-electron chi connectivity index (χ2n) is 4.43. The summed E-state index contributed by atoms with van der Waals surface area (Å²) < 4.78 is 0. The highest BCUT2D eigenvalue weighted by atomic mass is 16.3. The third-order valence-electron chi connectivity index (χ3n) is 3.00. The summed E-state index contributed by atoms with van der Waals surface area (Å²) in [7, 11) is 0. The van der Waals surface area contributed by atoms with Crippen molar-refractivity contribution in [1.29, 1.82) is 0 Å². The van der Waals surface area contributed by atoms with Gasteiger partial charge in [0.2, 0.25) is 0 Å². The summed E-state index contributed by atoms with van der Waals surface area (Å²) in [4.78, 5) is 3.20. The van der Waals surface area contributed by atoms with Crippen LogP contribution in [0.3, 0.4) is 0 Å². The Morgan fingerprint density at radius 2 is 2.24 bits per heavy atom. The van der Waals surface area contributed by atoms with Crippen molar-refractivity contribution >= 4 is 10.9 Å². The predicted octanol–water partition coefficient (Wildman–Crippen LogP) is 2.42. The number of fused-ring (bicyclic) bond motifs is 1. The van der Waals surface area contributed by atoms with E-state index in [1.54, 1.807) is 0 Å². The highest BCUT2D eigenvalue weighted by Crippen LogP contribution is 2.16. The van der Waals surface area contributed by atoms with Crippen molar-refractivity contribution in [2.24, 2.45) is 0 Å². The molecule has 1 aromatic heterocycles. The second kappa shape index (κ2) is 5.84. The average Bonchev–Trinajstić information content (AvgIpc) is 2.78. The van der Waals surface area contributed by atoms with Crippen LogP contribution < -0.4 is 5.32 Å². The van der Waals surface area contributed by atoms with Gasteiger partial charge in [0.15, 0.2) is 0 Å². The fraction of sp³-hybridized carbons (Fsp3) is 0.429. The number of H-pyrrole nitrogens is 1. The van der Waals surface area contributed by atoms with E-state index in [0.29, 0.717) is 6.54 Å². The first-order valence-corrected chi connectivity index (χ1v) is 6.25. The molecule has 0 saturated heterocycles. The summed E-state index contributed by atoms with van der Waals surface area (Å²) in [6.07, 6.45) is 3.61. The molecule has 1 aromatic carbocycles. The van der Waals surface area contributed by atoms with Crippen molar-refractivity contribution in [1.82, 2.24) is 10.3 Å². The molecule has 0 aliphatic heterocycles. The van der Waals surface area contributed by atoms with E-state index in [1.807, 2.05) is 6.20 Å². The molecule has 0 aliphatic rings.